The first kappa shape index (κ1) is 22.2. The highest BCUT2D eigenvalue weighted by molar-refractivity contribution is 5.29. The van der Waals surface area contributed by atoms with Crippen molar-refractivity contribution in [1.82, 2.24) is 0 Å². The Bertz CT molecular complexity index is 508. The van der Waals surface area contributed by atoms with Crippen LogP contribution in [0.15, 0.2) is 48.5 Å². The molecule has 0 amide bonds. The van der Waals surface area contributed by atoms with Crippen LogP contribution in [0.3, 0.4) is 0 Å². The quantitative estimate of drug-likeness (QED) is 0.399. The molecule has 0 heterocycles. The first-order valence-electron chi connectivity index (χ1n) is 6.38. The second kappa shape index (κ2) is 9.50. The van der Waals surface area contributed by atoms with Crippen LogP contribution in [0, 0.1) is 0 Å². The Kier molecular flexibility index (Phi) is 8.44. The molecule has 0 aliphatic carbocycles. The van der Waals surface area contributed by atoms with E-state index in [1.54, 1.807) is 0 Å². The van der Waals surface area contributed by atoms with Crippen LogP contribution in [0.25, 0.3) is 0 Å². The number of phenolic OH excluding ortho intramolecular Hbond substituents is 4. The van der Waals surface area contributed by atoms with Gasteiger partial charge in [-0.25, -0.2) is 0 Å². The minimum Gasteiger partial charge on any atom is -0.508 e. The lowest BCUT2D eigenvalue weighted by Gasteiger charge is -2.08. The van der Waals surface area contributed by atoms with E-state index >= 15 is 0 Å². The van der Waals surface area contributed by atoms with E-state index in [9.17, 15) is 26.3 Å². The van der Waals surface area contributed by atoms with Gasteiger partial charge in [-0.2, -0.15) is 26.3 Å². The first-order chi connectivity index (χ1) is 11.3. The van der Waals surface area contributed by atoms with E-state index in [2.05, 4.69) is 0 Å². The molecule has 2 aromatic carbocycles. The molecule has 0 bridgehead atoms. The minimum atomic E-state index is -5.14. The predicted molar refractivity (Wildman–Crippen MR) is 76.3 cm³/mol. The van der Waals surface area contributed by atoms with Gasteiger partial charge in [-0.15, -0.1) is 0 Å². The van der Waals surface area contributed by atoms with Crippen LogP contribution in [0.5, 0.6) is 23.0 Å². The van der Waals surface area contributed by atoms with Crippen LogP contribution in [-0.2, 0) is 0 Å². The van der Waals surface area contributed by atoms with E-state index in [0.717, 1.165) is 0 Å². The Morgan fingerprint density at radius 3 is 0.720 bits per heavy atom. The second-order valence-corrected chi connectivity index (χ2v) is 4.44. The van der Waals surface area contributed by atoms with Crippen LogP contribution in [0.1, 0.15) is 6.42 Å². The third kappa shape index (κ3) is 14.5. The molecule has 0 aliphatic heterocycles. The molecule has 0 saturated carbocycles. The van der Waals surface area contributed by atoms with Gasteiger partial charge in [0.25, 0.3) is 0 Å². The van der Waals surface area contributed by atoms with Gasteiger partial charge in [0.15, 0.2) is 0 Å². The summed E-state index contributed by atoms with van der Waals surface area (Å²) in [5.74, 6) is 0.677. The van der Waals surface area contributed by atoms with Gasteiger partial charge in [0.05, 0.1) is 0 Å². The fourth-order valence-electron chi connectivity index (χ4n) is 1.13. The topological polar surface area (TPSA) is 80.9 Å². The van der Waals surface area contributed by atoms with Gasteiger partial charge in [0.2, 0.25) is 0 Å². The van der Waals surface area contributed by atoms with Crippen LogP contribution in [0.4, 0.5) is 26.3 Å². The van der Waals surface area contributed by atoms with Gasteiger partial charge in [-0.3, -0.25) is 0 Å². The summed E-state index contributed by atoms with van der Waals surface area (Å²) in [6.07, 6.45) is -13.0. The minimum absolute atomic E-state index is 0.169. The van der Waals surface area contributed by atoms with Crippen LogP contribution < -0.4 is 0 Å². The molecule has 0 aromatic heterocycles. The summed E-state index contributed by atoms with van der Waals surface area (Å²) in [7, 11) is 0. The van der Waals surface area contributed by atoms with Crippen molar-refractivity contribution < 1.29 is 46.8 Å². The number of aromatic hydroxyl groups is 4. The van der Waals surface area contributed by atoms with E-state index < -0.39 is 18.8 Å². The molecule has 4 nitrogen and oxygen atoms in total. The maximum atomic E-state index is 10.8. The highest BCUT2D eigenvalue weighted by atomic mass is 19.4. The molecule has 0 radical (unpaired) electrons. The molecule has 2 rings (SSSR count). The van der Waals surface area contributed by atoms with Crippen molar-refractivity contribution in [2.75, 3.05) is 0 Å². The molecule has 4 N–H and O–H groups in total. The zero-order valence-corrected chi connectivity index (χ0v) is 12.4. The van der Waals surface area contributed by atoms with Crippen LogP contribution >= 0.6 is 0 Å². The molecule has 25 heavy (non-hydrogen) atoms. The number of phenols is 4. The molecular formula is C15H14F6O4. The number of hydrogen-bond acceptors (Lipinski definition) is 4. The summed E-state index contributed by atoms with van der Waals surface area (Å²) in [6, 6.07) is 11.4. The third-order valence-corrected chi connectivity index (χ3v) is 2.10. The van der Waals surface area contributed by atoms with Crippen molar-refractivity contribution in [1.29, 1.82) is 0 Å². The number of hydrogen-bond donors (Lipinski definition) is 4. The number of halogens is 6. The standard InChI is InChI=1S/2C6H6O2.C3H2F6/c2*7-5-1-2-6(8)4-3-5;4-2(5,6)1-3(7,8)9/h2*1-4,7-8H;1H2. The first-order valence-corrected chi connectivity index (χ1v) is 6.38. The van der Waals surface area contributed by atoms with Crippen molar-refractivity contribution in [2.24, 2.45) is 0 Å². The van der Waals surface area contributed by atoms with Gasteiger partial charge in [0, 0.05) is 0 Å². The molecule has 2 aromatic rings. The lowest BCUT2D eigenvalue weighted by atomic mass is 10.3. The summed E-state index contributed by atoms with van der Waals surface area (Å²) in [6.45, 7) is 0. The molecule has 0 atom stereocenters. The summed E-state index contributed by atoms with van der Waals surface area (Å²) >= 11 is 0. The molecule has 0 spiro atoms. The Balaban J connectivity index is 0.000000346. The van der Waals surface area contributed by atoms with Crippen LogP contribution in [-0.4, -0.2) is 32.8 Å². The third-order valence-electron chi connectivity index (χ3n) is 2.10. The smallest absolute Gasteiger partial charge is 0.397 e. The van der Waals surface area contributed by atoms with E-state index in [0.29, 0.717) is 0 Å². The van der Waals surface area contributed by atoms with Crippen molar-refractivity contribution in [3.05, 3.63) is 48.5 Å². The van der Waals surface area contributed by atoms with Crippen molar-refractivity contribution in [3.8, 4) is 23.0 Å². The monoisotopic (exact) mass is 372 g/mol. The molecule has 0 saturated heterocycles. The highest BCUT2D eigenvalue weighted by Gasteiger charge is 2.43. The number of benzene rings is 2. The van der Waals surface area contributed by atoms with Gasteiger partial charge in [-0.05, 0) is 48.5 Å². The highest BCUT2D eigenvalue weighted by Crippen LogP contribution is 2.31. The zero-order chi connectivity index (χ0) is 19.7. The lowest BCUT2D eigenvalue weighted by molar-refractivity contribution is -0.232. The maximum Gasteiger partial charge on any atom is 0.397 e. The average molecular weight is 372 g/mol. The Morgan fingerprint density at radius 1 is 0.480 bits per heavy atom. The maximum absolute atomic E-state index is 10.8. The van der Waals surface area contributed by atoms with E-state index in [4.69, 9.17) is 20.4 Å². The molecule has 0 fully saturated rings. The summed E-state index contributed by atoms with van der Waals surface area (Å²) < 4.78 is 65.0. The van der Waals surface area contributed by atoms with Crippen molar-refractivity contribution >= 4 is 0 Å². The Morgan fingerprint density at radius 2 is 0.640 bits per heavy atom. The van der Waals surface area contributed by atoms with Crippen molar-refractivity contribution in [3.63, 3.8) is 0 Å². The zero-order valence-electron chi connectivity index (χ0n) is 12.4. The SMILES string of the molecule is FC(F)(F)CC(F)(F)F.Oc1ccc(O)cc1.Oc1ccc(O)cc1. The van der Waals surface area contributed by atoms with E-state index in [-0.39, 0.29) is 23.0 Å². The van der Waals surface area contributed by atoms with Gasteiger partial charge < -0.3 is 20.4 Å². The molecule has 0 unspecified atom stereocenters. The average Bonchev–Trinajstić information content (AvgIpc) is 2.43. The van der Waals surface area contributed by atoms with Gasteiger partial charge in [0.1, 0.15) is 29.4 Å². The fraction of sp³-hybridized carbons (Fsp3) is 0.200. The summed E-state index contributed by atoms with van der Waals surface area (Å²) in [4.78, 5) is 0. The van der Waals surface area contributed by atoms with Gasteiger partial charge >= 0.3 is 12.4 Å². The molecule has 10 heteroatoms. The molecular weight excluding hydrogens is 358 g/mol. The van der Waals surface area contributed by atoms with Crippen LogP contribution in [0.2, 0.25) is 0 Å². The lowest BCUT2D eigenvalue weighted by Crippen LogP contribution is -2.20. The number of rotatable bonds is 0. The fourth-order valence-corrected chi connectivity index (χ4v) is 1.13. The summed E-state index contributed by atoms with van der Waals surface area (Å²) in [5, 5.41) is 34.6. The largest absolute Gasteiger partial charge is 0.508 e. The normalized spacial score (nSPS) is 10.8. The summed E-state index contributed by atoms with van der Waals surface area (Å²) in [5.41, 5.74) is 0. The Labute approximate surface area is 138 Å². The Hall–Kier alpha value is -2.78. The molecule has 140 valence electrons. The second-order valence-electron chi connectivity index (χ2n) is 4.44. The molecule has 0 aliphatic rings. The number of alkyl halides is 6. The van der Waals surface area contributed by atoms with E-state index in [1.807, 2.05) is 0 Å². The predicted octanol–water partition coefficient (Wildman–Crippen LogP) is 4.70. The van der Waals surface area contributed by atoms with Gasteiger partial charge in [-0.1, -0.05) is 0 Å². The van der Waals surface area contributed by atoms with Crippen molar-refractivity contribution in [2.45, 2.75) is 18.8 Å². The van der Waals surface area contributed by atoms with E-state index in [1.165, 1.54) is 48.5 Å².